The summed E-state index contributed by atoms with van der Waals surface area (Å²) in [6, 6.07) is 23.0. The van der Waals surface area contributed by atoms with Crippen molar-refractivity contribution in [2.75, 3.05) is 14.2 Å². The zero-order chi connectivity index (χ0) is 32.5. The third kappa shape index (κ3) is 8.09. The number of aromatic nitrogens is 6. The summed E-state index contributed by atoms with van der Waals surface area (Å²) in [7, 11) is 2.62. The van der Waals surface area contributed by atoms with E-state index in [0.29, 0.717) is 39.5 Å². The first-order valence-electron chi connectivity index (χ1n) is 13.8. The molecule has 0 saturated carbocycles. The van der Waals surface area contributed by atoms with E-state index in [1.54, 1.807) is 54.6 Å². The number of nitrogens with one attached hydrogen (secondary N) is 1. The van der Waals surface area contributed by atoms with Crippen molar-refractivity contribution in [2.45, 2.75) is 12.5 Å². The third-order valence-electron chi connectivity index (χ3n) is 6.72. The van der Waals surface area contributed by atoms with Crippen LogP contribution < -0.4 is 9.67 Å². The van der Waals surface area contributed by atoms with Crippen LogP contribution in [0.1, 0.15) is 33.4 Å². The Hall–Kier alpha value is -5.19. The number of carbonyl (C=O) groups is 3. The quantitative estimate of drug-likeness (QED) is 0.123. The van der Waals surface area contributed by atoms with Gasteiger partial charge in [-0.3, -0.25) is 0 Å². The van der Waals surface area contributed by atoms with Gasteiger partial charge in [-0.1, -0.05) is 17.7 Å². The van der Waals surface area contributed by atoms with Gasteiger partial charge in [0.25, 0.3) is 0 Å². The summed E-state index contributed by atoms with van der Waals surface area (Å²) in [6.45, 7) is 0. The van der Waals surface area contributed by atoms with Crippen molar-refractivity contribution in [3.63, 3.8) is 0 Å². The van der Waals surface area contributed by atoms with Crippen molar-refractivity contribution >= 4 is 54.4 Å². The maximum atomic E-state index is 13.4. The number of amides is 1. The number of hydrogen-bond acceptors (Lipinski definition) is 10. The molecule has 46 heavy (non-hydrogen) atoms. The summed E-state index contributed by atoms with van der Waals surface area (Å²) in [6.07, 6.45) is 4.84. The topological polar surface area (TPSA) is 151 Å². The van der Waals surface area contributed by atoms with Crippen molar-refractivity contribution in [1.82, 2.24) is 35.7 Å². The second kappa shape index (κ2) is 15.2. The van der Waals surface area contributed by atoms with E-state index in [-0.39, 0.29) is 10.5 Å². The van der Waals surface area contributed by atoms with Crippen molar-refractivity contribution in [3.8, 4) is 16.8 Å². The molecule has 1 atom stereocenters. The van der Waals surface area contributed by atoms with Gasteiger partial charge >= 0.3 is 198 Å². The van der Waals surface area contributed by atoms with E-state index >= 15 is 0 Å². The molecule has 2 heterocycles. The molecular formula is C32H26AsClN7O5. The zero-order valence-electron chi connectivity index (χ0n) is 24.6. The Bertz CT molecular complexity index is 1870. The fourth-order valence-electron chi connectivity index (χ4n) is 4.51. The summed E-state index contributed by atoms with van der Waals surface area (Å²) >= 11 is 5.41. The molecule has 0 bridgehead atoms. The zero-order valence-corrected chi connectivity index (χ0v) is 27.2. The number of ether oxygens (including phenoxy) is 2. The Labute approximate surface area is 275 Å². The molecule has 5 aromatic rings. The molecule has 2 aromatic heterocycles. The molecule has 0 fully saturated rings. The molecule has 1 radical (unpaired) electrons. The van der Waals surface area contributed by atoms with Crippen LogP contribution in [0.5, 0.6) is 0 Å². The fraction of sp³-hybridized carbons (Fsp3) is 0.125. The van der Waals surface area contributed by atoms with Crippen molar-refractivity contribution in [2.24, 2.45) is 0 Å². The van der Waals surface area contributed by atoms with Gasteiger partial charge in [0.2, 0.25) is 0 Å². The molecule has 3 aromatic carbocycles. The van der Waals surface area contributed by atoms with Crippen LogP contribution in [-0.4, -0.2) is 77.0 Å². The van der Waals surface area contributed by atoms with E-state index < -0.39 is 33.7 Å². The van der Waals surface area contributed by atoms with Crippen LogP contribution in [0, 0.1) is 0 Å². The van der Waals surface area contributed by atoms with Crippen molar-refractivity contribution in [3.05, 3.63) is 119 Å². The molecule has 0 aliphatic carbocycles. The van der Waals surface area contributed by atoms with Crippen molar-refractivity contribution in [1.29, 1.82) is 0 Å². The molecule has 5 rings (SSSR count). The van der Waals surface area contributed by atoms with Crippen LogP contribution in [0.3, 0.4) is 0 Å². The minimum absolute atomic E-state index is 0.0148. The van der Waals surface area contributed by atoms with Gasteiger partial charge in [0.15, 0.2) is 0 Å². The SMILES string of the molecule is COC(=O)[As]c1ccc(-c2cc(C(Cc3ccccc3)NC(=O)C=Cc3cc(Cl)ccc3-n3cnnn3)nnc2C(=O)OC)cc1. The average Bonchev–Trinajstić information content (AvgIpc) is 3.62. The van der Waals surface area contributed by atoms with Gasteiger partial charge in [0, 0.05) is 10.6 Å². The van der Waals surface area contributed by atoms with Gasteiger partial charge in [0.05, 0.1) is 5.69 Å². The summed E-state index contributed by atoms with van der Waals surface area (Å²) < 4.78 is 11.8. The van der Waals surface area contributed by atoms with Gasteiger partial charge < -0.3 is 0 Å². The molecule has 0 spiro atoms. The number of methoxy groups -OCH3 is 2. The second-order valence-electron chi connectivity index (χ2n) is 9.69. The molecule has 14 heteroatoms. The number of benzene rings is 3. The molecular weight excluding hydrogens is 673 g/mol. The van der Waals surface area contributed by atoms with E-state index in [4.69, 9.17) is 21.1 Å². The molecule has 0 aliphatic heterocycles. The van der Waals surface area contributed by atoms with Gasteiger partial charge in [-0.2, -0.15) is 4.68 Å². The van der Waals surface area contributed by atoms with E-state index in [0.717, 1.165) is 9.91 Å². The summed E-state index contributed by atoms with van der Waals surface area (Å²) in [5.74, 6) is -1.06. The predicted octanol–water partition coefficient (Wildman–Crippen LogP) is 3.77. The van der Waals surface area contributed by atoms with Gasteiger partial charge in [-0.25, -0.2) is 0 Å². The Morgan fingerprint density at radius 1 is 0.978 bits per heavy atom. The van der Waals surface area contributed by atoms with E-state index in [1.807, 2.05) is 30.3 Å². The number of nitrogens with zero attached hydrogens (tertiary/aromatic N) is 6. The number of hydrogen-bond donors (Lipinski definition) is 1. The number of esters is 1. The van der Waals surface area contributed by atoms with Crippen molar-refractivity contribution < 1.29 is 23.9 Å². The van der Waals surface area contributed by atoms with Gasteiger partial charge in [-0.15, -0.1) is 5.10 Å². The number of halogens is 1. The fourth-order valence-corrected chi connectivity index (χ4v) is 5.95. The second-order valence-corrected chi connectivity index (χ2v) is 12.4. The van der Waals surface area contributed by atoms with Crippen LogP contribution in [0.25, 0.3) is 22.9 Å². The molecule has 0 saturated heterocycles. The number of rotatable bonds is 11. The van der Waals surface area contributed by atoms with E-state index in [1.165, 1.54) is 31.3 Å². The van der Waals surface area contributed by atoms with E-state index in [9.17, 15) is 14.4 Å². The van der Waals surface area contributed by atoms with Crippen LogP contribution in [-0.2, 0) is 20.7 Å². The first-order chi connectivity index (χ1) is 22.3. The first-order valence-corrected chi connectivity index (χ1v) is 16.0. The normalized spacial score (nSPS) is 11.9. The summed E-state index contributed by atoms with van der Waals surface area (Å²) in [5, 5.41) is 23.4. The average molecular weight is 699 g/mol. The van der Waals surface area contributed by atoms with Gasteiger partial charge in [-0.05, 0) is 28.6 Å². The van der Waals surface area contributed by atoms with Crippen LogP contribution >= 0.6 is 11.6 Å². The predicted molar refractivity (Wildman–Crippen MR) is 171 cm³/mol. The first kappa shape index (κ1) is 32.2. The summed E-state index contributed by atoms with van der Waals surface area (Å²) in [4.78, 5) is 37.8. The van der Waals surface area contributed by atoms with Crippen LogP contribution in [0.15, 0.2) is 91.3 Å². The summed E-state index contributed by atoms with van der Waals surface area (Å²) in [5.41, 5.74) is 3.77. The number of carbonyl (C=O) groups excluding carboxylic acids is 3. The van der Waals surface area contributed by atoms with E-state index in [2.05, 4.69) is 31.0 Å². The van der Waals surface area contributed by atoms with Gasteiger partial charge in [0.1, 0.15) is 6.33 Å². The molecule has 0 aliphatic rings. The standard InChI is InChI=1S/C32H26AsClN7O5/c1-45-31(43)30-25(21-8-11-23(12-9-21)33-32(44)46-2)18-27(37-38-30)26(16-20-6-4-3-5-7-20)36-29(42)15-10-22-17-24(34)13-14-28(22)41-19-35-39-40-41/h3-15,17-19,26H,16H2,1-2H3,(H,36,42). The van der Waals surface area contributed by atoms with Crippen LogP contribution in [0.4, 0.5) is 4.79 Å². The maximum absolute atomic E-state index is 13.4. The Balaban J connectivity index is 1.48. The molecule has 12 nitrogen and oxygen atoms in total. The molecule has 1 amide bonds. The molecule has 231 valence electrons. The molecule has 1 N–H and O–H groups in total. The Morgan fingerprint density at radius 3 is 2.46 bits per heavy atom. The Morgan fingerprint density at radius 2 is 1.76 bits per heavy atom. The monoisotopic (exact) mass is 698 g/mol. The third-order valence-corrected chi connectivity index (χ3v) is 8.89. The number of tetrazole rings is 1. The van der Waals surface area contributed by atoms with Crippen LogP contribution in [0.2, 0.25) is 5.02 Å². The Kier molecular flexibility index (Phi) is 10.6. The minimum atomic E-state index is -0.827. The molecule has 1 unspecified atom stereocenters.